The molecule has 120 valence electrons. The van der Waals surface area contributed by atoms with Crippen molar-refractivity contribution in [2.45, 2.75) is 13.3 Å². The summed E-state index contributed by atoms with van der Waals surface area (Å²) < 4.78 is 26.7. The number of nitrogens with zero attached hydrogens (tertiary/aromatic N) is 1. The third-order valence-corrected chi connectivity index (χ3v) is 5.04. The molecule has 1 saturated heterocycles. The van der Waals surface area contributed by atoms with Gasteiger partial charge in [-0.15, -0.1) is 0 Å². The molecule has 0 atom stereocenters. The number of amides is 1. The molecule has 7 heteroatoms. The second-order valence-electron chi connectivity index (χ2n) is 5.48. The van der Waals surface area contributed by atoms with Crippen LogP contribution in [0.2, 0.25) is 0 Å². The number of aryl methyl sites for hydroxylation is 1. The highest BCUT2D eigenvalue weighted by atomic mass is 32.2. The van der Waals surface area contributed by atoms with Crippen LogP contribution >= 0.6 is 0 Å². The Morgan fingerprint density at radius 1 is 1.17 bits per heavy atom. The van der Waals surface area contributed by atoms with Crippen molar-refractivity contribution in [1.29, 1.82) is 0 Å². The van der Waals surface area contributed by atoms with Gasteiger partial charge in [-0.25, -0.2) is 9.03 Å². The molecule has 0 aromatic heterocycles. The van der Waals surface area contributed by atoms with Gasteiger partial charge in [0.05, 0.1) is 5.69 Å². The van der Waals surface area contributed by atoms with Crippen LogP contribution in [0.1, 0.15) is 16.7 Å². The Balaban J connectivity index is 1.97. The van der Waals surface area contributed by atoms with Crippen molar-refractivity contribution in [3.05, 3.63) is 59.2 Å². The molecule has 0 radical (unpaired) electrons. The van der Waals surface area contributed by atoms with Crippen molar-refractivity contribution in [3.8, 4) is 5.75 Å². The standard InChI is InChI=1S/C16H16N2O4S/c1-11-7-13(8-12-5-3-2-4-6-12)9-14(19)16(11)18-10-15(20)17-23(18,21)22/h2-7,9,19H,8,10H2,1H3,(H,17,20). The Morgan fingerprint density at radius 2 is 1.87 bits per heavy atom. The molecule has 1 aliphatic heterocycles. The van der Waals surface area contributed by atoms with E-state index in [2.05, 4.69) is 0 Å². The molecular weight excluding hydrogens is 316 g/mol. The minimum Gasteiger partial charge on any atom is -0.506 e. The van der Waals surface area contributed by atoms with Gasteiger partial charge in [0.2, 0.25) is 0 Å². The van der Waals surface area contributed by atoms with Crippen LogP contribution in [0.5, 0.6) is 5.75 Å². The number of hydrogen-bond donors (Lipinski definition) is 2. The zero-order chi connectivity index (χ0) is 16.6. The van der Waals surface area contributed by atoms with E-state index in [9.17, 15) is 18.3 Å². The largest absolute Gasteiger partial charge is 0.506 e. The lowest BCUT2D eigenvalue weighted by atomic mass is 10.0. The number of benzene rings is 2. The predicted octanol–water partition coefficient (Wildman–Crippen LogP) is 1.47. The SMILES string of the molecule is Cc1cc(Cc2ccccc2)cc(O)c1N1CC(=O)NS1(=O)=O. The summed E-state index contributed by atoms with van der Waals surface area (Å²) in [5, 5.41) is 10.3. The van der Waals surface area contributed by atoms with Gasteiger partial charge in [0.1, 0.15) is 12.3 Å². The summed E-state index contributed by atoms with van der Waals surface area (Å²) in [6.07, 6.45) is 0.624. The van der Waals surface area contributed by atoms with Crippen LogP contribution in [0.15, 0.2) is 42.5 Å². The fourth-order valence-corrected chi connectivity index (χ4v) is 3.97. The lowest BCUT2D eigenvalue weighted by Crippen LogP contribution is -2.30. The maximum Gasteiger partial charge on any atom is 0.326 e. The normalized spacial score (nSPS) is 16.4. The van der Waals surface area contributed by atoms with Crippen molar-refractivity contribution < 1.29 is 18.3 Å². The van der Waals surface area contributed by atoms with E-state index in [4.69, 9.17) is 0 Å². The van der Waals surface area contributed by atoms with Gasteiger partial charge >= 0.3 is 10.2 Å². The Bertz CT molecular complexity index is 840. The zero-order valence-corrected chi connectivity index (χ0v) is 13.3. The first-order chi connectivity index (χ1) is 10.9. The van der Waals surface area contributed by atoms with Gasteiger partial charge in [-0.05, 0) is 36.1 Å². The monoisotopic (exact) mass is 332 g/mol. The zero-order valence-electron chi connectivity index (χ0n) is 12.5. The first kappa shape index (κ1) is 15.4. The molecule has 1 fully saturated rings. The van der Waals surface area contributed by atoms with Gasteiger partial charge in [0, 0.05) is 0 Å². The van der Waals surface area contributed by atoms with Crippen molar-refractivity contribution in [2.75, 3.05) is 10.8 Å². The number of phenols is 1. The molecule has 1 aliphatic rings. The van der Waals surface area contributed by atoms with Crippen LogP contribution in [0.4, 0.5) is 5.69 Å². The van der Waals surface area contributed by atoms with Crippen molar-refractivity contribution in [1.82, 2.24) is 4.72 Å². The molecule has 2 aromatic rings. The smallest absolute Gasteiger partial charge is 0.326 e. The van der Waals surface area contributed by atoms with Crippen LogP contribution < -0.4 is 9.03 Å². The van der Waals surface area contributed by atoms with E-state index in [1.165, 1.54) is 6.07 Å². The Labute approximate surface area is 134 Å². The lowest BCUT2D eigenvalue weighted by Gasteiger charge is -2.19. The number of nitrogens with one attached hydrogen (secondary N) is 1. The molecule has 2 N–H and O–H groups in total. The molecule has 6 nitrogen and oxygen atoms in total. The van der Waals surface area contributed by atoms with Gasteiger partial charge in [-0.1, -0.05) is 36.4 Å². The van der Waals surface area contributed by atoms with Crippen LogP contribution in [0, 0.1) is 6.92 Å². The average Bonchev–Trinajstić information content (AvgIpc) is 2.72. The highest BCUT2D eigenvalue weighted by Crippen LogP contribution is 2.35. The maximum absolute atomic E-state index is 11.9. The number of anilines is 1. The topological polar surface area (TPSA) is 86.7 Å². The molecule has 2 aromatic carbocycles. The average molecular weight is 332 g/mol. The Kier molecular flexibility index (Phi) is 3.73. The summed E-state index contributed by atoms with van der Waals surface area (Å²) in [7, 11) is -3.93. The van der Waals surface area contributed by atoms with Crippen molar-refractivity contribution >= 4 is 21.8 Å². The molecule has 1 amide bonds. The third-order valence-electron chi connectivity index (χ3n) is 3.66. The van der Waals surface area contributed by atoms with Gasteiger partial charge < -0.3 is 5.11 Å². The molecule has 0 saturated carbocycles. The van der Waals surface area contributed by atoms with Gasteiger partial charge in [0.15, 0.2) is 0 Å². The summed E-state index contributed by atoms with van der Waals surface area (Å²) in [5.74, 6) is -0.770. The molecular formula is C16H16N2O4S. The number of phenolic OH excluding ortho intramolecular Hbond substituents is 1. The predicted molar refractivity (Wildman–Crippen MR) is 86.5 cm³/mol. The van der Waals surface area contributed by atoms with Crippen molar-refractivity contribution in [2.24, 2.45) is 0 Å². The second kappa shape index (κ2) is 5.58. The second-order valence-corrected chi connectivity index (χ2v) is 7.07. The van der Waals surface area contributed by atoms with E-state index < -0.39 is 16.1 Å². The van der Waals surface area contributed by atoms with Gasteiger partial charge in [0.25, 0.3) is 5.91 Å². The van der Waals surface area contributed by atoms with Crippen LogP contribution in [0.25, 0.3) is 0 Å². The maximum atomic E-state index is 11.9. The molecule has 0 aliphatic carbocycles. The van der Waals surface area contributed by atoms with Crippen LogP contribution in [-0.2, 0) is 21.4 Å². The molecule has 23 heavy (non-hydrogen) atoms. The third kappa shape index (κ3) is 3.00. The number of carbonyl (C=O) groups excluding carboxylic acids is 1. The fourth-order valence-electron chi connectivity index (χ4n) is 2.74. The molecule has 0 spiro atoms. The first-order valence-corrected chi connectivity index (χ1v) is 8.50. The summed E-state index contributed by atoms with van der Waals surface area (Å²) in [6.45, 7) is 1.39. The molecule has 0 unspecified atom stereocenters. The lowest BCUT2D eigenvalue weighted by molar-refractivity contribution is -0.117. The van der Waals surface area contributed by atoms with E-state index in [0.717, 1.165) is 15.4 Å². The summed E-state index contributed by atoms with van der Waals surface area (Å²) in [5.41, 5.74) is 2.69. The minimum absolute atomic E-state index is 0.139. The van der Waals surface area contributed by atoms with E-state index in [0.29, 0.717) is 12.0 Å². The van der Waals surface area contributed by atoms with Gasteiger partial charge in [-0.2, -0.15) is 8.42 Å². The quantitative estimate of drug-likeness (QED) is 0.891. The highest BCUT2D eigenvalue weighted by Gasteiger charge is 2.36. The summed E-state index contributed by atoms with van der Waals surface area (Å²) in [4.78, 5) is 11.4. The Hall–Kier alpha value is -2.54. The molecule has 3 rings (SSSR count). The van der Waals surface area contributed by atoms with Crippen molar-refractivity contribution in [3.63, 3.8) is 0 Å². The number of rotatable bonds is 3. The number of carbonyl (C=O) groups is 1. The summed E-state index contributed by atoms with van der Waals surface area (Å²) in [6, 6.07) is 13.1. The fraction of sp³-hybridized carbons (Fsp3) is 0.188. The van der Waals surface area contributed by atoms with Gasteiger partial charge in [-0.3, -0.25) is 4.79 Å². The van der Waals surface area contributed by atoms with E-state index in [-0.39, 0.29) is 18.0 Å². The number of hydrogen-bond acceptors (Lipinski definition) is 4. The minimum atomic E-state index is -3.93. The van der Waals surface area contributed by atoms with E-state index >= 15 is 0 Å². The molecule has 0 bridgehead atoms. The summed E-state index contributed by atoms with van der Waals surface area (Å²) >= 11 is 0. The Morgan fingerprint density at radius 3 is 2.43 bits per heavy atom. The van der Waals surface area contributed by atoms with Crippen LogP contribution in [-0.4, -0.2) is 26.0 Å². The molecule has 1 heterocycles. The highest BCUT2D eigenvalue weighted by molar-refractivity contribution is 7.92. The van der Waals surface area contributed by atoms with E-state index in [1.807, 2.05) is 41.1 Å². The number of aromatic hydroxyl groups is 1. The first-order valence-electron chi connectivity index (χ1n) is 7.06. The van der Waals surface area contributed by atoms with E-state index in [1.54, 1.807) is 6.92 Å². The van der Waals surface area contributed by atoms with Crippen LogP contribution in [0.3, 0.4) is 0 Å².